The molecule has 1 aliphatic carbocycles. The molecule has 4 heteroatoms. The lowest BCUT2D eigenvalue weighted by atomic mass is 9.89. The van der Waals surface area contributed by atoms with Crippen LogP contribution in [0.3, 0.4) is 0 Å². The predicted molar refractivity (Wildman–Crippen MR) is 81.1 cm³/mol. The molecule has 0 saturated heterocycles. The van der Waals surface area contributed by atoms with Gasteiger partial charge in [-0.05, 0) is 45.6 Å². The first-order valence-electron chi connectivity index (χ1n) is 7.29. The molecule has 2 atom stereocenters. The van der Waals surface area contributed by atoms with Crippen LogP contribution in [0.25, 0.3) is 0 Å². The SMILES string of the molecule is CC(=O)[C@@]1(c2ccccc2)C[C@H]1CNC(=O)OC(C)(C)C. The minimum atomic E-state index is -0.509. The molecule has 1 aliphatic rings. The zero-order valence-corrected chi connectivity index (χ0v) is 13.1. The summed E-state index contributed by atoms with van der Waals surface area (Å²) in [6.45, 7) is 7.57. The van der Waals surface area contributed by atoms with Crippen molar-refractivity contribution in [1.29, 1.82) is 0 Å². The Kier molecular flexibility index (Phi) is 4.08. The quantitative estimate of drug-likeness (QED) is 0.927. The van der Waals surface area contributed by atoms with Crippen LogP contribution >= 0.6 is 0 Å². The van der Waals surface area contributed by atoms with Crippen molar-refractivity contribution in [2.75, 3.05) is 6.54 Å². The van der Waals surface area contributed by atoms with E-state index >= 15 is 0 Å². The van der Waals surface area contributed by atoms with Crippen LogP contribution in [-0.4, -0.2) is 24.0 Å². The molecule has 0 heterocycles. The Balaban J connectivity index is 1.98. The van der Waals surface area contributed by atoms with E-state index in [1.54, 1.807) is 6.92 Å². The van der Waals surface area contributed by atoms with Crippen LogP contribution in [0.4, 0.5) is 4.79 Å². The van der Waals surface area contributed by atoms with Crippen molar-refractivity contribution in [3.8, 4) is 0 Å². The zero-order chi connectivity index (χ0) is 15.7. The minimum Gasteiger partial charge on any atom is -0.444 e. The Labute approximate surface area is 125 Å². The highest BCUT2D eigenvalue weighted by Crippen LogP contribution is 2.54. The number of ketones is 1. The number of hydrogen-bond acceptors (Lipinski definition) is 3. The lowest BCUT2D eigenvalue weighted by molar-refractivity contribution is -0.119. The van der Waals surface area contributed by atoms with Gasteiger partial charge in [0.15, 0.2) is 0 Å². The van der Waals surface area contributed by atoms with Gasteiger partial charge in [0.1, 0.15) is 11.4 Å². The van der Waals surface area contributed by atoms with Crippen molar-refractivity contribution < 1.29 is 14.3 Å². The van der Waals surface area contributed by atoms with E-state index in [1.807, 2.05) is 51.1 Å². The lowest BCUT2D eigenvalue weighted by Gasteiger charge is -2.20. The summed E-state index contributed by atoms with van der Waals surface area (Å²) in [7, 11) is 0. The molecule has 0 aromatic heterocycles. The lowest BCUT2D eigenvalue weighted by Crippen LogP contribution is -2.35. The maximum atomic E-state index is 12.1. The standard InChI is InChI=1S/C17H23NO3/c1-12(19)17(13-8-6-5-7-9-13)10-14(17)11-18-15(20)21-16(2,3)4/h5-9,14H,10-11H2,1-4H3,(H,18,20)/t14-,17+/m0/s1. The summed E-state index contributed by atoms with van der Waals surface area (Å²) < 4.78 is 5.22. The van der Waals surface area contributed by atoms with E-state index in [2.05, 4.69) is 5.32 Å². The molecule has 4 nitrogen and oxygen atoms in total. The van der Waals surface area contributed by atoms with Gasteiger partial charge in [-0.3, -0.25) is 4.79 Å². The second-order valence-corrected chi connectivity index (χ2v) is 6.68. The zero-order valence-electron chi connectivity index (χ0n) is 13.1. The molecule has 114 valence electrons. The Morgan fingerprint density at radius 2 is 1.90 bits per heavy atom. The number of rotatable bonds is 4. The van der Waals surface area contributed by atoms with E-state index in [0.29, 0.717) is 6.54 Å². The van der Waals surface area contributed by atoms with Gasteiger partial charge in [0.2, 0.25) is 0 Å². The summed E-state index contributed by atoms with van der Waals surface area (Å²) >= 11 is 0. The molecule has 1 aromatic carbocycles. The van der Waals surface area contributed by atoms with Crippen molar-refractivity contribution >= 4 is 11.9 Å². The summed E-state index contributed by atoms with van der Waals surface area (Å²) in [5.41, 5.74) is 0.0922. The van der Waals surface area contributed by atoms with E-state index in [4.69, 9.17) is 4.74 Å². The molecule has 1 fully saturated rings. The molecule has 1 amide bonds. The molecule has 1 N–H and O–H groups in total. The largest absolute Gasteiger partial charge is 0.444 e. The van der Waals surface area contributed by atoms with Crippen LogP contribution in [0.2, 0.25) is 0 Å². The van der Waals surface area contributed by atoms with Gasteiger partial charge in [-0.15, -0.1) is 0 Å². The van der Waals surface area contributed by atoms with Gasteiger partial charge in [-0.2, -0.15) is 0 Å². The Morgan fingerprint density at radius 1 is 1.29 bits per heavy atom. The third kappa shape index (κ3) is 3.43. The summed E-state index contributed by atoms with van der Waals surface area (Å²) in [6.07, 6.45) is 0.349. The van der Waals surface area contributed by atoms with Crippen LogP contribution in [0.15, 0.2) is 30.3 Å². The molecule has 1 saturated carbocycles. The average molecular weight is 289 g/mol. The fraction of sp³-hybridized carbons (Fsp3) is 0.529. The van der Waals surface area contributed by atoms with E-state index in [1.165, 1.54) is 0 Å². The first-order chi connectivity index (χ1) is 9.75. The van der Waals surface area contributed by atoms with Crippen LogP contribution in [0, 0.1) is 5.92 Å². The summed E-state index contributed by atoms with van der Waals surface area (Å²) in [6, 6.07) is 9.78. The molecule has 2 rings (SSSR count). The average Bonchev–Trinajstić information content (AvgIpc) is 3.11. The van der Waals surface area contributed by atoms with Crippen LogP contribution in [0.1, 0.15) is 39.7 Å². The highest BCUT2D eigenvalue weighted by molar-refractivity contribution is 5.92. The number of carbonyl (C=O) groups excluding carboxylic acids is 2. The van der Waals surface area contributed by atoms with Gasteiger partial charge in [0, 0.05) is 6.54 Å². The smallest absolute Gasteiger partial charge is 0.407 e. The van der Waals surface area contributed by atoms with Crippen molar-refractivity contribution in [1.82, 2.24) is 5.32 Å². The monoisotopic (exact) mass is 289 g/mol. The molecule has 0 radical (unpaired) electrons. The first-order valence-corrected chi connectivity index (χ1v) is 7.29. The molecular weight excluding hydrogens is 266 g/mol. The first kappa shape index (κ1) is 15.5. The highest BCUT2D eigenvalue weighted by atomic mass is 16.6. The maximum Gasteiger partial charge on any atom is 0.407 e. The minimum absolute atomic E-state index is 0.143. The van der Waals surface area contributed by atoms with E-state index < -0.39 is 17.1 Å². The van der Waals surface area contributed by atoms with Crippen molar-refractivity contribution in [3.63, 3.8) is 0 Å². The molecule has 1 aromatic rings. The molecule has 21 heavy (non-hydrogen) atoms. The molecule has 0 spiro atoms. The van der Waals surface area contributed by atoms with Crippen molar-refractivity contribution in [2.24, 2.45) is 5.92 Å². The van der Waals surface area contributed by atoms with Gasteiger partial charge in [-0.1, -0.05) is 30.3 Å². The van der Waals surface area contributed by atoms with Gasteiger partial charge in [-0.25, -0.2) is 4.79 Å². The predicted octanol–water partition coefficient (Wildman–Crippen LogP) is 3.06. The fourth-order valence-electron chi connectivity index (χ4n) is 2.82. The summed E-state index contributed by atoms with van der Waals surface area (Å²) in [5, 5.41) is 2.77. The highest BCUT2D eigenvalue weighted by Gasteiger charge is 2.58. The summed E-state index contributed by atoms with van der Waals surface area (Å²) in [4.78, 5) is 23.8. The molecule has 0 unspecified atom stereocenters. The van der Waals surface area contributed by atoms with Gasteiger partial charge >= 0.3 is 6.09 Å². The fourth-order valence-corrected chi connectivity index (χ4v) is 2.82. The maximum absolute atomic E-state index is 12.1. The second kappa shape index (κ2) is 5.51. The van der Waals surface area contributed by atoms with Gasteiger partial charge < -0.3 is 10.1 Å². The van der Waals surface area contributed by atoms with E-state index in [9.17, 15) is 9.59 Å². The topological polar surface area (TPSA) is 55.4 Å². The number of benzene rings is 1. The van der Waals surface area contributed by atoms with Gasteiger partial charge in [0.05, 0.1) is 5.41 Å². The number of Topliss-reactive ketones (excluding diaryl/α,β-unsaturated/α-hetero) is 1. The molecule has 0 aliphatic heterocycles. The van der Waals surface area contributed by atoms with E-state index in [-0.39, 0.29) is 11.7 Å². The Hall–Kier alpha value is -1.84. The number of alkyl carbamates (subject to hydrolysis) is 1. The number of carbonyl (C=O) groups is 2. The van der Waals surface area contributed by atoms with Crippen molar-refractivity contribution in [2.45, 2.75) is 45.1 Å². The molecular formula is C17H23NO3. The Morgan fingerprint density at radius 3 is 2.43 bits per heavy atom. The third-order valence-electron chi connectivity index (χ3n) is 3.91. The Bertz CT molecular complexity index is 533. The van der Waals surface area contributed by atoms with E-state index in [0.717, 1.165) is 12.0 Å². The third-order valence-corrected chi connectivity index (χ3v) is 3.91. The summed E-state index contributed by atoms with van der Waals surface area (Å²) in [5.74, 6) is 0.301. The van der Waals surface area contributed by atoms with Crippen molar-refractivity contribution in [3.05, 3.63) is 35.9 Å². The molecule has 0 bridgehead atoms. The number of ether oxygens (including phenoxy) is 1. The number of amides is 1. The number of hydrogen-bond donors (Lipinski definition) is 1. The van der Waals surface area contributed by atoms with Crippen LogP contribution in [-0.2, 0) is 14.9 Å². The van der Waals surface area contributed by atoms with Gasteiger partial charge in [0.25, 0.3) is 0 Å². The normalized spacial score (nSPS) is 24.3. The number of nitrogens with one attached hydrogen (secondary N) is 1. The van der Waals surface area contributed by atoms with Crippen LogP contribution in [0.5, 0.6) is 0 Å². The second-order valence-electron chi connectivity index (χ2n) is 6.68. The van der Waals surface area contributed by atoms with Crippen LogP contribution < -0.4 is 5.32 Å².